The number of nitrogens with one attached hydrogen (secondary N) is 1. The Balaban J connectivity index is 0.00000208. The second-order valence-corrected chi connectivity index (χ2v) is 5.82. The summed E-state index contributed by atoms with van der Waals surface area (Å²) in [6.45, 7) is 2.09. The maximum atomic E-state index is 13.7. The molecule has 24 heavy (non-hydrogen) atoms. The Morgan fingerprint density at radius 3 is 2.79 bits per heavy atom. The van der Waals surface area contributed by atoms with Crippen LogP contribution in [-0.2, 0) is 6.54 Å². The van der Waals surface area contributed by atoms with E-state index in [4.69, 9.17) is 0 Å². The van der Waals surface area contributed by atoms with Gasteiger partial charge in [0.2, 0.25) is 0 Å². The van der Waals surface area contributed by atoms with E-state index in [2.05, 4.69) is 15.6 Å². The highest BCUT2D eigenvalue weighted by molar-refractivity contribution is 5.91. The van der Waals surface area contributed by atoms with Crippen LogP contribution in [0.4, 0.5) is 4.39 Å². The fourth-order valence-corrected chi connectivity index (χ4v) is 2.77. The van der Waals surface area contributed by atoms with Crippen molar-refractivity contribution < 1.29 is 9.18 Å². The van der Waals surface area contributed by atoms with Gasteiger partial charge in [-0.05, 0) is 32.0 Å². The molecule has 0 aliphatic carbocycles. The van der Waals surface area contributed by atoms with Gasteiger partial charge in [0, 0.05) is 19.2 Å². The van der Waals surface area contributed by atoms with Gasteiger partial charge in [0.1, 0.15) is 5.82 Å². The first kappa shape index (κ1) is 18.4. The van der Waals surface area contributed by atoms with Crippen LogP contribution in [0.2, 0.25) is 0 Å². The van der Waals surface area contributed by atoms with E-state index in [1.807, 2.05) is 0 Å². The summed E-state index contributed by atoms with van der Waals surface area (Å²) >= 11 is 0. The van der Waals surface area contributed by atoms with Crippen molar-refractivity contribution in [1.82, 2.24) is 25.2 Å². The predicted octanol–water partition coefficient (Wildman–Crippen LogP) is 2.04. The molecule has 1 aliphatic rings. The number of halogens is 2. The summed E-state index contributed by atoms with van der Waals surface area (Å²) in [5, 5.41) is 11.4. The van der Waals surface area contributed by atoms with E-state index in [9.17, 15) is 9.18 Å². The van der Waals surface area contributed by atoms with Crippen LogP contribution in [0, 0.1) is 5.82 Å². The average Bonchev–Trinajstić information content (AvgIpc) is 3.07. The van der Waals surface area contributed by atoms with Gasteiger partial charge in [-0.3, -0.25) is 4.79 Å². The van der Waals surface area contributed by atoms with Crippen molar-refractivity contribution in [3.05, 3.63) is 47.5 Å². The van der Waals surface area contributed by atoms with Crippen molar-refractivity contribution in [2.75, 3.05) is 20.1 Å². The molecule has 0 bridgehead atoms. The fourth-order valence-electron chi connectivity index (χ4n) is 2.77. The second kappa shape index (κ2) is 8.21. The molecule has 0 unspecified atom stereocenters. The lowest BCUT2D eigenvalue weighted by Crippen LogP contribution is -2.29. The van der Waals surface area contributed by atoms with E-state index in [0.717, 1.165) is 25.9 Å². The summed E-state index contributed by atoms with van der Waals surface area (Å²) in [6, 6.07) is 6.73. The van der Waals surface area contributed by atoms with Crippen LogP contribution < -0.4 is 5.32 Å². The molecule has 1 amide bonds. The van der Waals surface area contributed by atoms with Gasteiger partial charge < -0.3 is 10.2 Å². The van der Waals surface area contributed by atoms with Crippen molar-refractivity contribution in [3.8, 4) is 0 Å². The smallest absolute Gasteiger partial charge is 0.276 e. The van der Waals surface area contributed by atoms with Gasteiger partial charge in [0.05, 0.1) is 12.2 Å². The molecule has 1 aromatic heterocycles. The first-order valence-corrected chi connectivity index (χ1v) is 7.76. The Bertz CT molecular complexity index is 687. The molecule has 1 aromatic carbocycles. The molecule has 2 aromatic rings. The Hall–Kier alpha value is -1.99. The highest BCUT2D eigenvalue weighted by Gasteiger charge is 2.21. The SMILES string of the molecule is CN(Cc1ccccc1F)C(=O)c1cn(C2CCNCC2)nn1.Cl. The molecule has 1 aliphatic heterocycles. The predicted molar refractivity (Wildman–Crippen MR) is 90.6 cm³/mol. The molecule has 2 heterocycles. The molecule has 0 saturated carbocycles. The lowest BCUT2D eigenvalue weighted by Gasteiger charge is -2.22. The lowest BCUT2D eigenvalue weighted by atomic mass is 10.1. The van der Waals surface area contributed by atoms with Gasteiger partial charge in [-0.25, -0.2) is 9.07 Å². The Kier molecular flexibility index (Phi) is 6.28. The molecule has 6 nitrogen and oxygen atoms in total. The number of piperidine rings is 1. The van der Waals surface area contributed by atoms with Gasteiger partial charge in [0.25, 0.3) is 5.91 Å². The summed E-state index contributed by atoms with van der Waals surface area (Å²) < 4.78 is 15.5. The lowest BCUT2D eigenvalue weighted by molar-refractivity contribution is 0.0778. The summed E-state index contributed by atoms with van der Waals surface area (Å²) in [4.78, 5) is 13.9. The number of hydrogen-bond donors (Lipinski definition) is 1. The van der Waals surface area contributed by atoms with E-state index in [1.165, 1.54) is 11.0 Å². The zero-order valence-electron chi connectivity index (χ0n) is 13.5. The molecule has 0 radical (unpaired) electrons. The van der Waals surface area contributed by atoms with Crippen LogP contribution in [0.15, 0.2) is 30.5 Å². The average molecular weight is 354 g/mol. The number of benzene rings is 1. The number of nitrogens with zero attached hydrogens (tertiary/aromatic N) is 4. The zero-order chi connectivity index (χ0) is 16.2. The topological polar surface area (TPSA) is 63.1 Å². The van der Waals surface area contributed by atoms with E-state index in [0.29, 0.717) is 11.3 Å². The van der Waals surface area contributed by atoms with Crippen LogP contribution in [0.1, 0.15) is 34.9 Å². The van der Waals surface area contributed by atoms with E-state index in [1.54, 1.807) is 36.1 Å². The monoisotopic (exact) mass is 353 g/mol. The largest absolute Gasteiger partial charge is 0.336 e. The minimum atomic E-state index is -0.314. The number of amides is 1. The van der Waals surface area contributed by atoms with Gasteiger partial charge >= 0.3 is 0 Å². The first-order valence-electron chi connectivity index (χ1n) is 7.76. The van der Waals surface area contributed by atoms with Crippen molar-refractivity contribution in [2.45, 2.75) is 25.4 Å². The molecule has 1 N–H and O–H groups in total. The summed E-state index contributed by atoms with van der Waals surface area (Å²) in [5.41, 5.74) is 0.775. The van der Waals surface area contributed by atoms with Crippen molar-refractivity contribution in [1.29, 1.82) is 0 Å². The molecule has 130 valence electrons. The van der Waals surface area contributed by atoms with Crippen LogP contribution in [-0.4, -0.2) is 45.9 Å². The maximum Gasteiger partial charge on any atom is 0.276 e. The van der Waals surface area contributed by atoms with Crippen LogP contribution in [0.5, 0.6) is 0 Å². The van der Waals surface area contributed by atoms with Crippen molar-refractivity contribution >= 4 is 18.3 Å². The van der Waals surface area contributed by atoms with Gasteiger partial charge in [-0.1, -0.05) is 23.4 Å². The highest BCUT2D eigenvalue weighted by Crippen LogP contribution is 2.17. The normalized spacial score (nSPS) is 14.9. The summed E-state index contributed by atoms with van der Waals surface area (Å²) in [5.74, 6) is -0.570. The number of rotatable bonds is 4. The molecule has 8 heteroatoms. The number of aromatic nitrogens is 3. The van der Waals surface area contributed by atoms with Crippen LogP contribution in [0.3, 0.4) is 0 Å². The third-order valence-corrected chi connectivity index (χ3v) is 4.12. The maximum absolute atomic E-state index is 13.7. The molecule has 1 fully saturated rings. The number of carbonyl (C=O) groups excluding carboxylic acids is 1. The van der Waals surface area contributed by atoms with E-state index >= 15 is 0 Å². The first-order chi connectivity index (χ1) is 11.1. The zero-order valence-corrected chi connectivity index (χ0v) is 14.3. The third kappa shape index (κ3) is 4.10. The minimum absolute atomic E-state index is 0. The van der Waals surface area contributed by atoms with Crippen molar-refractivity contribution in [3.63, 3.8) is 0 Å². The van der Waals surface area contributed by atoms with Crippen molar-refractivity contribution in [2.24, 2.45) is 0 Å². The van der Waals surface area contributed by atoms with Gasteiger partial charge in [0.15, 0.2) is 5.69 Å². The van der Waals surface area contributed by atoms with Crippen LogP contribution in [0.25, 0.3) is 0 Å². The standard InChI is InChI=1S/C16H20FN5O.ClH/c1-21(10-12-4-2-3-5-14(12)17)16(23)15-11-22(20-19-15)13-6-8-18-9-7-13;/h2-5,11,13,18H,6-10H2,1H3;1H. The second-order valence-electron chi connectivity index (χ2n) is 5.82. The number of hydrogen-bond acceptors (Lipinski definition) is 4. The summed E-state index contributed by atoms with van der Waals surface area (Å²) in [7, 11) is 1.64. The molecule has 1 saturated heterocycles. The Labute approximate surface area is 146 Å². The van der Waals surface area contributed by atoms with E-state index < -0.39 is 0 Å². The molecule has 0 atom stereocenters. The fraction of sp³-hybridized carbons (Fsp3) is 0.438. The molecule has 0 spiro atoms. The van der Waals surface area contributed by atoms with Gasteiger partial charge in [-0.15, -0.1) is 17.5 Å². The third-order valence-electron chi connectivity index (χ3n) is 4.12. The Morgan fingerprint density at radius 2 is 2.08 bits per heavy atom. The van der Waals surface area contributed by atoms with Gasteiger partial charge in [-0.2, -0.15) is 0 Å². The minimum Gasteiger partial charge on any atom is -0.336 e. The quantitative estimate of drug-likeness (QED) is 0.913. The Morgan fingerprint density at radius 1 is 1.38 bits per heavy atom. The molecular weight excluding hydrogens is 333 g/mol. The summed E-state index contributed by atoms with van der Waals surface area (Å²) in [6.07, 6.45) is 3.64. The highest BCUT2D eigenvalue weighted by atomic mass is 35.5. The molecule has 3 rings (SSSR count). The van der Waals surface area contributed by atoms with Crippen LogP contribution >= 0.6 is 12.4 Å². The number of carbonyl (C=O) groups is 1. The molecular formula is C16H21ClFN5O. The van der Waals surface area contributed by atoms with E-state index in [-0.39, 0.29) is 36.7 Å².